The minimum Gasteiger partial charge on any atom is -0.496 e. The van der Waals surface area contributed by atoms with E-state index in [1.165, 1.54) is 0 Å². The Morgan fingerprint density at radius 2 is 1.78 bits per heavy atom. The van der Waals surface area contributed by atoms with Gasteiger partial charge in [-0.2, -0.15) is 0 Å². The number of aromatic amines is 1. The van der Waals surface area contributed by atoms with Gasteiger partial charge in [-0.05, 0) is 36.6 Å². The molecule has 2 unspecified atom stereocenters. The van der Waals surface area contributed by atoms with Gasteiger partial charge in [-0.1, -0.05) is 24.3 Å². The number of thioether (sulfide) groups is 1. The van der Waals surface area contributed by atoms with Crippen LogP contribution in [0.1, 0.15) is 23.6 Å². The molecule has 0 aliphatic carbocycles. The Labute approximate surface area is 162 Å². The van der Waals surface area contributed by atoms with E-state index < -0.39 is 0 Å². The van der Waals surface area contributed by atoms with Gasteiger partial charge in [0.15, 0.2) is 0 Å². The van der Waals surface area contributed by atoms with Crippen molar-refractivity contribution in [2.24, 2.45) is 0 Å². The summed E-state index contributed by atoms with van der Waals surface area (Å²) < 4.78 is 11.2. The van der Waals surface area contributed by atoms with Crippen molar-refractivity contribution in [3.63, 3.8) is 0 Å². The molecule has 1 aliphatic heterocycles. The minimum atomic E-state index is -0.162. The van der Waals surface area contributed by atoms with Crippen LogP contribution in [-0.4, -0.2) is 35.3 Å². The second kappa shape index (κ2) is 7.19. The van der Waals surface area contributed by atoms with Gasteiger partial charge >= 0.3 is 0 Å². The van der Waals surface area contributed by atoms with Crippen molar-refractivity contribution in [1.29, 1.82) is 0 Å². The summed E-state index contributed by atoms with van der Waals surface area (Å²) in [4.78, 5) is 18.2. The SMILES string of the molecule is COc1cccc(OC)c1C1SC(C)C(=O)N1Cc1cc2ccccc2[nH]1. The molecule has 3 aromatic rings. The number of benzene rings is 2. The number of fused-ring (bicyclic) bond motifs is 1. The third-order valence-electron chi connectivity index (χ3n) is 4.89. The van der Waals surface area contributed by atoms with Gasteiger partial charge in [-0.15, -0.1) is 11.8 Å². The lowest BCUT2D eigenvalue weighted by Gasteiger charge is -2.26. The maximum atomic E-state index is 12.9. The van der Waals surface area contributed by atoms with E-state index in [0.717, 1.165) is 33.7 Å². The Morgan fingerprint density at radius 1 is 1.07 bits per heavy atom. The molecule has 1 fully saturated rings. The standard InChI is InChI=1S/C21H22N2O3S/c1-13-20(24)23(12-15-11-14-7-4-5-8-16(14)22-15)21(27-13)19-17(25-2)9-6-10-18(19)26-3/h4-11,13,21-22H,12H2,1-3H3. The average molecular weight is 382 g/mol. The van der Waals surface area contributed by atoms with Crippen LogP contribution in [0.3, 0.4) is 0 Å². The molecule has 1 aliphatic rings. The van der Waals surface area contributed by atoms with E-state index in [-0.39, 0.29) is 16.5 Å². The van der Waals surface area contributed by atoms with Crippen LogP contribution < -0.4 is 9.47 Å². The van der Waals surface area contributed by atoms with Gasteiger partial charge in [0.2, 0.25) is 5.91 Å². The molecule has 0 spiro atoms. The van der Waals surface area contributed by atoms with Crippen molar-refractivity contribution in [2.75, 3.05) is 14.2 Å². The minimum absolute atomic E-state index is 0.117. The fourth-order valence-corrected chi connectivity index (χ4v) is 4.92. The van der Waals surface area contributed by atoms with Crippen LogP contribution in [-0.2, 0) is 11.3 Å². The Morgan fingerprint density at radius 3 is 2.44 bits per heavy atom. The molecule has 4 rings (SSSR count). The number of methoxy groups -OCH3 is 2. The molecule has 2 atom stereocenters. The normalized spacial score (nSPS) is 19.7. The first-order valence-corrected chi connectivity index (χ1v) is 9.80. The average Bonchev–Trinajstić information content (AvgIpc) is 3.22. The van der Waals surface area contributed by atoms with Crippen LogP contribution in [0.25, 0.3) is 10.9 Å². The van der Waals surface area contributed by atoms with E-state index >= 15 is 0 Å². The van der Waals surface area contributed by atoms with Crippen LogP contribution in [0, 0.1) is 0 Å². The number of carbonyl (C=O) groups is 1. The highest BCUT2D eigenvalue weighted by atomic mass is 32.2. The van der Waals surface area contributed by atoms with Crippen LogP contribution in [0.4, 0.5) is 0 Å². The van der Waals surface area contributed by atoms with Gasteiger partial charge < -0.3 is 19.4 Å². The Balaban J connectivity index is 1.73. The molecule has 0 radical (unpaired) electrons. The first-order chi connectivity index (χ1) is 13.1. The molecule has 1 aromatic heterocycles. The first kappa shape index (κ1) is 17.8. The van der Waals surface area contributed by atoms with Crippen molar-refractivity contribution < 1.29 is 14.3 Å². The monoisotopic (exact) mass is 382 g/mol. The zero-order chi connectivity index (χ0) is 19.0. The summed E-state index contributed by atoms with van der Waals surface area (Å²) in [6.45, 7) is 2.46. The molecule has 1 saturated heterocycles. The van der Waals surface area contributed by atoms with Gasteiger partial charge in [0, 0.05) is 11.2 Å². The van der Waals surface area contributed by atoms with Crippen molar-refractivity contribution in [2.45, 2.75) is 24.1 Å². The molecule has 27 heavy (non-hydrogen) atoms. The molecular weight excluding hydrogens is 360 g/mol. The summed E-state index contributed by atoms with van der Waals surface area (Å²) in [5.41, 5.74) is 2.99. The molecule has 0 bridgehead atoms. The number of para-hydroxylation sites is 1. The highest BCUT2D eigenvalue weighted by Crippen LogP contribution is 2.49. The molecule has 2 aromatic carbocycles. The lowest BCUT2D eigenvalue weighted by molar-refractivity contribution is -0.130. The van der Waals surface area contributed by atoms with E-state index in [1.807, 2.05) is 48.2 Å². The molecule has 0 saturated carbocycles. The predicted octanol–water partition coefficient (Wildman–Crippen LogP) is 4.35. The summed E-state index contributed by atoms with van der Waals surface area (Å²) in [6.07, 6.45) is 0. The fourth-order valence-electron chi connectivity index (χ4n) is 3.58. The maximum Gasteiger partial charge on any atom is 0.237 e. The number of hydrogen-bond donors (Lipinski definition) is 1. The highest BCUT2D eigenvalue weighted by Gasteiger charge is 2.41. The largest absolute Gasteiger partial charge is 0.496 e. The van der Waals surface area contributed by atoms with Crippen LogP contribution >= 0.6 is 11.8 Å². The summed E-state index contributed by atoms with van der Waals surface area (Å²) in [5, 5.41) is 0.866. The van der Waals surface area contributed by atoms with Crippen molar-refractivity contribution >= 4 is 28.6 Å². The Bertz CT molecular complexity index is 929. The molecule has 6 heteroatoms. The van der Waals surface area contributed by atoms with Crippen LogP contribution in [0.5, 0.6) is 11.5 Å². The number of carbonyl (C=O) groups excluding carboxylic acids is 1. The topological polar surface area (TPSA) is 54.6 Å². The lowest BCUT2D eigenvalue weighted by atomic mass is 10.1. The second-order valence-electron chi connectivity index (χ2n) is 6.55. The van der Waals surface area contributed by atoms with Gasteiger partial charge in [0.25, 0.3) is 0 Å². The summed E-state index contributed by atoms with van der Waals surface area (Å²) >= 11 is 1.62. The number of nitrogens with one attached hydrogen (secondary N) is 1. The van der Waals surface area contributed by atoms with Crippen LogP contribution in [0.2, 0.25) is 0 Å². The number of hydrogen-bond acceptors (Lipinski definition) is 4. The lowest BCUT2D eigenvalue weighted by Crippen LogP contribution is -2.30. The van der Waals surface area contributed by atoms with Crippen LogP contribution in [0.15, 0.2) is 48.5 Å². The number of ether oxygens (including phenoxy) is 2. The van der Waals surface area contributed by atoms with E-state index in [2.05, 4.69) is 17.1 Å². The van der Waals surface area contributed by atoms with E-state index in [1.54, 1.807) is 26.0 Å². The highest BCUT2D eigenvalue weighted by molar-refractivity contribution is 8.01. The third-order valence-corrected chi connectivity index (χ3v) is 6.24. The number of H-pyrrole nitrogens is 1. The van der Waals surface area contributed by atoms with E-state index in [4.69, 9.17) is 9.47 Å². The number of amides is 1. The summed E-state index contributed by atoms with van der Waals surface area (Å²) in [7, 11) is 3.29. The van der Waals surface area contributed by atoms with Crippen molar-refractivity contribution in [3.05, 3.63) is 59.8 Å². The Kier molecular flexibility index (Phi) is 4.74. The molecule has 140 valence electrons. The van der Waals surface area contributed by atoms with Gasteiger partial charge in [-0.3, -0.25) is 4.79 Å². The maximum absolute atomic E-state index is 12.9. The van der Waals surface area contributed by atoms with Crippen molar-refractivity contribution in [3.8, 4) is 11.5 Å². The molecule has 2 heterocycles. The molecule has 5 nitrogen and oxygen atoms in total. The fraction of sp³-hybridized carbons (Fsp3) is 0.286. The van der Waals surface area contributed by atoms with E-state index in [0.29, 0.717) is 6.54 Å². The molecule has 1 N–H and O–H groups in total. The van der Waals surface area contributed by atoms with E-state index in [9.17, 15) is 4.79 Å². The zero-order valence-electron chi connectivity index (χ0n) is 15.6. The summed E-state index contributed by atoms with van der Waals surface area (Å²) in [6, 6.07) is 16.0. The zero-order valence-corrected chi connectivity index (χ0v) is 16.4. The first-order valence-electron chi connectivity index (χ1n) is 8.86. The number of rotatable bonds is 5. The van der Waals surface area contributed by atoms with Crippen molar-refractivity contribution in [1.82, 2.24) is 9.88 Å². The summed E-state index contributed by atoms with van der Waals surface area (Å²) in [5.74, 6) is 1.59. The number of nitrogens with zero attached hydrogens (tertiary/aromatic N) is 1. The van der Waals surface area contributed by atoms with Gasteiger partial charge in [0.05, 0.1) is 31.6 Å². The van der Waals surface area contributed by atoms with Gasteiger partial charge in [0.1, 0.15) is 16.9 Å². The molecule has 1 amide bonds. The predicted molar refractivity (Wildman–Crippen MR) is 108 cm³/mol. The quantitative estimate of drug-likeness (QED) is 0.713. The molecular formula is C21H22N2O3S. The Hall–Kier alpha value is -2.60. The number of aromatic nitrogens is 1. The smallest absolute Gasteiger partial charge is 0.237 e. The second-order valence-corrected chi connectivity index (χ2v) is 7.98. The third kappa shape index (κ3) is 3.14. The van der Waals surface area contributed by atoms with Gasteiger partial charge in [-0.25, -0.2) is 0 Å².